The highest BCUT2D eigenvalue weighted by Crippen LogP contribution is 2.37. The molecule has 2 saturated carbocycles. The third-order valence-corrected chi connectivity index (χ3v) is 8.75. The fourth-order valence-corrected chi connectivity index (χ4v) is 6.39. The molecule has 216 valence electrons. The number of amides is 3. The molecule has 10 nitrogen and oxygen atoms in total. The van der Waals surface area contributed by atoms with Crippen molar-refractivity contribution in [3.8, 4) is 0 Å². The van der Waals surface area contributed by atoms with Crippen LogP contribution in [0.25, 0.3) is 0 Å². The molecule has 3 amide bonds. The SMILES string of the molecule is CC1CCC(C(=O)N(c2ccsc2C(=O)O)C2CCC(NC(=O)OC3CN(C(=O)OC(C)(C)C)C3)CC2)CC1. The lowest BCUT2D eigenvalue weighted by Gasteiger charge is -2.40. The zero-order valence-electron chi connectivity index (χ0n) is 23.3. The van der Waals surface area contributed by atoms with Gasteiger partial charge in [0, 0.05) is 18.0 Å². The van der Waals surface area contributed by atoms with Crippen molar-refractivity contribution in [1.29, 1.82) is 0 Å². The van der Waals surface area contributed by atoms with Crippen molar-refractivity contribution in [3.05, 3.63) is 16.3 Å². The molecule has 2 heterocycles. The van der Waals surface area contributed by atoms with Crippen LogP contribution in [0.4, 0.5) is 15.3 Å². The molecule has 1 aromatic heterocycles. The number of rotatable bonds is 6. The molecule has 0 aromatic carbocycles. The highest BCUT2D eigenvalue weighted by atomic mass is 32.1. The van der Waals surface area contributed by atoms with Crippen molar-refractivity contribution >= 4 is 41.1 Å². The van der Waals surface area contributed by atoms with E-state index in [1.165, 1.54) is 4.90 Å². The molecule has 0 spiro atoms. The monoisotopic (exact) mass is 563 g/mol. The number of alkyl carbamates (subject to hydrolysis) is 1. The van der Waals surface area contributed by atoms with Gasteiger partial charge < -0.3 is 29.7 Å². The number of carboxylic acid groups (broad SMARTS) is 1. The Hall–Kier alpha value is -2.82. The summed E-state index contributed by atoms with van der Waals surface area (Å²) in [7, 11) is 0. The molecule has 0 unspecified atom stereocenters. The van der Waals surface area contributed by atoms with Crippen molar-refractivity contribution < 1.29 is 33.8 Å². The molecule has 2 N–H and O–H groups in total. The first kappa shape index (κ1) is 29.2. The summed E-state index contributed by atoms with van der Waals surface area (Å²) in [5.41, 5.74) is -0.0843. The Labute approximate surface area is 234 Å². The van der Waals surface area contributed by atoms with Gasteiger partial charge in [0.2, 0.25) is 5.91 Å². The molecule has 11 heteroatoms. The molecule has 1 saturated heterocycles. The van der Waals surface area contributed by atoms with Gasteiger partial charge in [0.25, 0.3) is 0 Å². The number of anilines is 1. The Bertz CT molecular complexity index is 1050. The van der Waals surface area contributed by atoms with Gasteiger partial charge >= 0.3 is 18.2 Å². The Morgan fingerprint density at radius 2 is 1.67 bits per heavy atom. The van der Waals surface area contributed by atoms with E-state index in [2.05, 4.69) is 12.2 Å². The van der Waals surface area contributed by atoms with Gasteiger partial charge in [-0.2, -0.15) is 0 Å². The molecule has 0 bridgehead atoms. The molecule has 3 aliphatic rings. The van der Waals surface area contributed by atoms with Crippen LogP contribution >= 0.6 is 11.3 Å². The van der Waals surface area contributed by atoms with Crippen molar-refractivity contribution in [2.75, 3.05) is 18.0 Å². The highest BCUT2D eigenvalue weighted by Gasteiger charge is 2.39. The van der Waals surface area contributed by atoms with Gasteiger partial charge in [0.05, 0.1) is 18.8 Å². The van der Waals surface area contributed by atoms with E-state index in [-0.39, 0.29) is 34.9 Å². The van der Waals surface area contributed by atoms with Crippen LogP contribution in [0.3, 0.4) is 0 Å². The van der Waals surface area contributed by atoms with Crippen LogP contribution in [0.2, 0.25) is 0 Å². The van der Waals surface area contributed by atoms with Crippen molar-refractivity contribution in [3.63, 3.8) is 0 Å². The average molecular weight is 564 g/mol. The molecule has 2 aliphatic carbocycles. The van der Waals surface area contributed by atoms with Crippen LogP contribution in [0.5, 0.6) is 0 Å². The Kier molecular flexibility index (Phi) is 9.08. The molecular formula is C28H41N3O7S. The Morgan fingerprint density at radius 3 is 2.26 bits per heavy atom. The summed E-state index contributed by atoms with van der Waals surface area (Å²) in [5.74, 6) is -0.469. The summed E-state index contributed by atoms with van der Waals surface area (Å²) in [4.78, 5) is 53.7. The quantitative estimate of drug-likeness (QED) is 0.483. The number of hydrogen-bond acceptors (Lipinski definition) is 7. The first-order valence-electron chi connectivity index (χ1n) is 14.0. The van der Waals surface area contributed by atoms with Crippen LogP contribution in [0.1, 0.15) is 88.7 Å². The van der Waals surface area contributed by atoms with Crippen LogP contribution in [-0.4, -0.2) is 70.9 Å². The van der Waals surface area contributed by atoms with Gasteiger partial charge in [-0.15, -0.1) is 11.3 Å². The minimum Gasteiger partial charge on any atom is -0.477 e. The smallest absolute Gasteiger partial charge is 0.410 e. The van der Waals surface area contributed by atoms with Crippen molar-refractivity contribution in [2.45, 2.75) is 103 Å². The predicted molar refractivity (Wildman–Crippen MR) is 147 cm³/mol. The van der Waals surface area contributed by atoms with E-state index in [9.17, 15) is 24.3 Å². The van der Waals surface area contributed by atoms with Crippen LogP contribution in [0, 0.1) is 11.8 Å². The number of nitrogens with one attached hydrogen (secondary N) is 1. The second kappa shape index (κ2) is 12.1. The first-order valence-corrected chi connectivity index (χ1v) is 14.9. The predicted octanol–water partition coefficient (Wildman–Crippen LogP) is 5.26. The van der Waals surface area contributed by atoms with E-state index >= 15 is 0 Å². The second-order valence-corrected chi connectivity index (χ2v) is 13.1. The summed E-state index contributed by atoms with van der Waals surface area (Å²) in [6.07, 6.45) is 5.02. The third kappa shape index (κ3) is 7.43. The maximum atomic E-state index is 13.8. The lowest BCUT2D eigenvalue weighted by atomic mass is 9.81. The summed E-state index contributed by atoms with van der Waals surface area (Å²) >= 11 is 1.14. The summed E-state index contributed by atoms with van der Waals surface area (Å²) < 4.78 is 10.8. The minimum absolute atomic E-state index is 0.0261. The van der Waals surface area contributed by atoms with Crippen LogP contribution in [0.15, 0.2) is 11.4 Å². The second-order valence-electron chi connectivity index (χ2n) is 12.2. The fraction of sp³-hybridized carbons (Fsp3) is 0.714. The van der Waals surface area contributed by atoms with E-state index in [4.69, 9.17) is 9.47 Å². The third-order valence-electron chi connectivity index (χ3n) is 7.86. The minimum atomic E-state index is -1.02. The van der Waals surface area contributed by atoms with E-state index in [1.54, 1.807) is 37.1 Å². The zero-order valence-corrected chi connectivity index (χ0v) is 24.1. The number of carboxylic acids is 1. The largest absolute Gasteiger partial charge is 0.477 e. The summed E-state index contributed by atoms with van der Waals surface area (Å²) in [6, 6.07) is 1.54. The maximum absolute atomic E-state index is 13.8. The van der Waals surface area contributed by atoms with Gasteiger partial charge in [-0.3, -0.25) is 4.79 Å². The molecule has 0 atom stereocenters. The zero-order chi connectivity index (χ0) is 28.3. The number of carbonyl (C=O) groups is 4. The number of nitrogens with zero attached hydrogens (tertiary/aromatic N) is 2. The van der Waals surface area contributed by atoms with E-state index in [1.807, 2.05) is 0 Å². The standard InChI is InChI=1S/C28H41N3O7S/c1-17-5-7-18(8-6-17)24(32)31(22-13-14-39-23(22)25(33)34)20-11-9-19(10-12-20)29-26(35)37-21-15-30(16-21)27(36)38-28(2,3)4/h13-14,17-21H,5-12,15-16H2,1-4H3,(H,29,35)(H,33,34). The lowest BCUT2D eigenvalue weighted by Crippen LogP contribution is -2.57. The fourth-order valence-electron chi connectivity index (χ4n) is 5.67. The van der Waals surface area contributed by atoms with E-state index in [0.29, 0.717) is 50.4 Å². The molecule has 0 radical (unpaired) electrons. The molecule has 39 heavy (non-hydrogen) atoms. The molecule has 1 aromatic rings. The van der Waals surface area contributed by atoms with Crippen LogP contribution in [-0.2, 0) is 14.3 Å². The van der Waals surface area contributed by atoms with Crippen molar-refractivity contribution in [2.24, 2.45) is 11.8 Å². The number of hydrogen-bond donors (Lipinski definition) is 2. The summed E-state index contributed by atoms with van der Waals surface area (Å²) in [5, 5.41) is 14.4. The number of thiophene rings is 1. The normalized spacial score (nSPS) is 25.8. The van der Waals surface area contributed by atoms with Gasteiger partial charge in [0.1, 0.15) is 16.6 Å². The van der Waals surface area contributed by atoms with Gasteiger partial charge in [-0.05, 0) is 89.5 Å². The Morgan fingerprint density at radius 1 is 1.03 bits per heavy atom. The maximum Gasteiger partial charge on any atom is 0.410 e. The number of ether oxygens (including phenoxy) is 2. The average Bonchev–Trinajstić information content (AvgIpc) is 3.31. The number of likely N-dealkylation sites (tertiary alicyclic amines) is 1. The molecule has 4 rings (SSSR count). The van der Waals surface area contributed by atoms with E-state index in [0.717, 1.165) is 37.0 Å². The number of aromatic carboxylic acids is 1. The van der Waals surface area contributed by atoms with Crippen LogP contribution < -0.4 is 10.2 Å². The lowest BCUT2D eigenvalue weighted by molar-refractivity contribution is -0.124. The van der Waals surface area contributed by atoms with Crippen molar-refractivity contribution in [1.82, 2.24) is 10.2 Å². The van der Waals surface area contributed by atoms with E-state index < -0.39 is 23.8 Å². The summed E-state index contributed by atoms with van der Waals surface area (Å²) in [6.45, 7) is 8.23. The first-order chi connectivity index (χ1) is 18.4. The molecule has 1 aliphatic heterocycles. The molecule has 3 fully saturated rings. The number of carbonyl (C=O) groups excluding carboxylic acids is 3. The Balaban J connectivity index is 1.30. The van der Waals surface area contributed by atoms with Gasteiger partial charge in [-0.25, -0.2) is 14.4 Å². The molecular weight excluding hydrogens is 522 g/mol. The van der Waals surface area contributed by atoms with Gasteiger partial charge in [-0.1, -0.05) is 6.92 Å². The topological polar surface area (TPSA) is 125 Å². The highest BCUT2D eigenvalue weighted by molar-refractivity contribution is 7.12. The van der Waals surface area contributed by atoms with Gasteiger partial charge in [0.15, 0.2) is 0 Å².